The third-order valence-corrected chi connectivity index (χ3v) is 2.17. The molecular weight excluding hydrogens is 139 g/mol. The number of hydrogen-bond acceptors (Lipinski definition) is 0. The Morgan fingerprint density at radius 1 is 1.27 bits per heavy atom. The van der Waals surface area contributed by atoms with Gasteiger partial charge in [0.15, 0.2) is 0 Å². The van der Waals surface area contributed by atoms with Crippen LogP contribution in [0, 0.1) is 19.7 Å². The van der Waals surface area contributed by atoms with Crippen molar-refractivity contribution in [1.29, 1.82) is 0 Å². The lowest BCUT2D eigenvalue weighted by Gasteiger charge is -2.06. The van der Waals surface area contributed by atoms with Crippen LogP contribution in [0.2, 0.25) is 0 Å². The first-order valence-electron chi connectivity index (χ1n) is 3.91. The van der Waals surface area contributed by atoms with Gasteiger partial charge in [-0.1, -0.05) is 13.0 Å². The summed E-state index contributed by atoms with van der Waals surface area (Å²) >= 11 is 0. The summed E-state index contributed by atoms with van der Waals surface area (Å²) in [7, 11) is 0. The average Bonchev–Trinajstić information content (AvgIpc) is 1.99. The first-order valence-corrected chi connectivity index (χ1v) is 3.91. The van der Waals surface area contributed by atoms with Gasteiger partial charge in [-0.15, -0.1) is 0 Å². The Kier molecular flexibility index (Phi) is 2.28. The molecule has 0 aliphatic carbocycles. The summed E-state index contributed by atoms with van der Waals surface area (Å²) < 4.78 is 13.0. The second-order valence-corrected chi connectivity index (χ2v) is 2.82. The van der Waals surface area contributed by atoms with Gasteiger partial charge in [0, 0.05) is 0 Å². The molecule has 0 unspecified atom stereocenters. The first kappa shape index (κ1) is 8.25. The van der Waals surface area contributed by atoms with Gasteiger partial charge >= 0.3 is 0 Å². The summed E-state index contributed by atoms with van der Waals surface area (Å²) in [6, 6.07) is 3.37. The van der Waals surface area contributed by atoms with E-state index in [1.54, 1.807) is 6.07 Å². The standard InChI is InChI=1S/C10H13F/c1-4-9-8(3)7(2)5-6-10(9)11/h5-6H,4H2,1-3H3. The van der Waals surface area contributed by atoms with Crippen molar-refractivity contribution in [2.24, 2.45) is 0 Å². The maximum atomic E-state index is 13.0. The predicted octanol–water partition coefficient (Wildman–Crippen LogP) is 3.00. The fraction of sp³-hybridized carbons (Fsp3) is 0.400. The molecule has 0 aliphatic rings. The molecule has 0 atom stereocenters. The Morgan fingerprint density at radius 2 is 1.91 bits per heavy atom. The highest BCUT2D eigenvalue weighted by Gasteiger charge is 2.04. The molecule has 1 aromatic carbocycles. The summed E-state index contributed by atoms with van der Waals surface area (Å²) in [6.45, 7) is 5.95. The summed E-state index contributed by atoms with van der Waals surface area (Å²) in [4.78, 5) is 0. The van der Waals surface area contributed by atoms with Crippen molar-refractivity contribution in [2.75, 3.05) is 0 Å². The Labute approximate surface area is 67.1 Å². The van der Waals surface area contributed by atoms with Crippen LogP contribution in [0.4, 0.5) is 4.39 Å². The molecule has 0 saturated carbocycles. The third kappa shape index (κ3) is 1.42. The zero-order valence-corrected chi connectivity index (χ0v) is 7.24. The van der Waals surface area contributed by atoms with E-state index in [4.69, 9.17) is 0 Å². The normalized spacial score (nSPS) is 10.2. The van der Waals surface area contributed by atoms with Crippen molar-refractivity contribution in [2.45, 2.75) is 27.2 Å². The van der Waals surface area contributed by atoms with E-state index >= 15 is 0 Å². The zero-order valence-electron chi connectivity index (χ0n) is 7.24. The molecule has 0 aromatic heterocycles. The van der Waals surface area contributed by atoms with Crippen molar-refractivity contribution < 1.29 is 4.39 Å². The zero-order chi connectivity index (χ0) is 8.43. The largest absolute Gasteiger partial charge is 0.207 e. The van der Waals surface area contributed by atoms with Crippen LogP contribution in [0.1, 0.15) is 23.6 Å². The highest BCUT2D eigenvalue weighted by Crippen LogP contribution is 2.16. The minimum atomic E-state index is -0.0735. The van der Waals surface area contributed by atoms with Gasteiger partial charge in [-0.3, -0.25) is 0 Å². The molecule has 0 bridgehead atoms. The Hall–Kier alpha value is -0.850. The van der Waals surface area contributed by atoms with Crippen LogP contribution in [0.3, 0.4) is 0 Å². The van der Waals surface area contributed by atoms with E-state index < -0.39 is 0 Å². The van der Waals surface area contributed by atoms with Crippen LogP contribution < -0.4 is 0 Å². The molecule has 0 amide bonds. The molecule has 0 saturated heterocycles. The number of hydrogen-bond donors (Lipinski definition) is 0. The van der Waals surface area contributed by atoms with Gasteiger partial charge < -0.3 is 0 Å². The van der Waals surface area contributed by atoms with E-state index in [0.29, 0.717) is 0 Å². The maximum Gasteiger partial charge on any atom is 0.126 e. The summed E-state index contributed by atoms with van der Waals surface area (Å²) in [6.07, 6.45) is 0.777. The molecule has 1 aromatic rings. The van der Waals surface area contributed by atoms with Crippen molar-refractivity contribution in [3.8, 4) is 0 Å². The Morgan fingerprint density at radius 3 is 2.36 bits per heavy atom. The molecule has 0 fully saturated rings. The van der Waals surface area contributed by atoms with Crippen LogP contribution >= 0.6 is 0 Å². The predicted molar refractivity (Wildman–Crippen MR) is 45.3 cm³/mol. The maximum absolute atomic E-state index is 13.0. The lowest BCUT2D eigenvalue weighted by atomic mass is 10.0. The molecule has 0 heterocycles. The van der Waals surface area contributed by atoms with Crippen LogP contribution in [-0.4, -0.2) is 0 Å². The number of aryl methyl sites for hydroxylation is 1. The minimum absolute atomic E-state index is 0.0735. The summed E-state index contributed by atoms with van der Waals surface area (Å²) in [5, 5.41) is 0. The topological polar surface area (TPSA) is 0 Å². The third-order valence-electron chi connectivity index (χ3n) is 2.17. The molecule has 60 valence electrons. The number of halogens is 1. The molecule has 1 rings (SSSR count). The average molecular weight is 152 g/mol. The Bertz CT molecular complexity index is 264. The molecule has 0 nitrogen and oxygen atoms in total. The van der Waals surface area contributed by atoms with Gasteiger partial charge in [0.1, 0.15) is 5.82 Å². The summed E-state index contributed by atoms with van der Waals surface area (Å²) in [5.74, 6) is -0.0735. The highest BCUT2D eigenvalue weighted by molar-refractivity contribution is 5.34. The van der Waals surface area contributed by atoms with Crippen LogP contribution in [0.25, 0.3) is 0 Å². The van der Waals surface area contributed by atoms with E-state index in [1.807, 2.05) is 26.8 Å². The monoisotopic (exact) mass is 152 g/mol. The van der Waals surface area contributed by atoms with Gasteiger partial charge in [-0.05, 0) is 43.0 Å². The lowest BCUT2D eigenvalue weighted by Crippen LogP contribution is -1.94. The Balaban J connectivity index is 3.29. The number of rotatable bonds is 1. The molecule has 1 heteroatoms. The quantitative estimate of drug-likeness (QED) is 0.580. The smallest absolute Gasteiger partial charge is 0.126 e. The van der Waals surface area contributed by atoms with Gasteiger partial charge in [-0.2, -0.15) is 0 Å². The summed E-state index contributed by atoms with van der Waals surface area (Å²) in [5.41, 5.74) is 3.11. The van der Waals surface area contributed by atoms with Crippen LogP contribution in [0.5, 0.6) is 0 Å². The van der Waals surface area contributed by atoms with Gasteiger partial charge in [-0.25, -0.2) is 4.39 Å². The van der Waals surface area contributed by atoms with Crippen molar-refractivity contribution in [1.82, 2.24) is 0 Å². The number of benzene rings is 1. The fourth-order valence-corrected chi connectivity index (χ4v) is 1.27. The van der Waals surface area contributed by atoms with Gasteiger partial charge in [0.2, 0.25) is 0 Å². The molecular formula is C10H13F. The molecule has 0 N–H and O–H groups in total. The SMILES string of the molecule is CCc1c(F)ccc(C)c1C. The first-order chi connectivity index (χ1) is 5.16. The van der Waals surface area contributed by atoms with Crippen LogP contribution in [-0.2, 0) is 6.42 Å². The van der Waals surface area contributed by atoms with Gasteiger partial charge in [0.25, 0.3) is 0 Å². The van der Waals surface area contributed by atoms with Crippen molar-refractivity contribution in [3.63, 3.8) is 0 Å². The minimum Gasteiger partial charge on any atom is -0.207 e. The second-order valence-electron chi connectivity index (χ2n) is 2.82. The fourth-order valence-electron chi connectivity index (χ4n) is 1.27. The van der Waals surface area contributed by atoms with Crippen molar-refractivity contribution >= 4 is 0 Å². The molecule has 11 heavy (non-hydrogen) atoms. The lowest BCUT2D eigenvalue weighted by molar-refractivity contribution is 0.609. The van der Waals surface area contributed by atoms with E-state index in [1.165, 1.54) is 5.56 Å². The van der Waals surface area contributed by atoms with E-state index in [0.717, 1.165) is 17.5 Å². The van der Waals surface area contributed by atoms with Gasteiger partial charge in [0.05, 0.1) is 0 Å². The van der Waals surface area contributed by atoms with Crippen molar-refractivity contribution in [3.05, 3.63) is 34.6 Å². The van der Waals surface area contributed by atoms with Crippen LogP contribution in [0.15, 0.2) is 12.1 Å². The molecule has 0 radical (unpaired) electrons. The van der Waals surface area contributed by atoms with E-state index in [9.17, 15) is 4.39 Å². The highest BCUT2D eigenvalue weighted by atomic mass is 19.1. The second kappa shape index (κ2) is 3.04. The molecule has 0 aliphatic heterocycles. The molecule has 0 spiro atoms. The van der Waals surface area contributed by atoms with E-state index in [2.05, 4.69) is 0 Å². The van der Waals surface area contributed by atoms with E-state index in [-0.39, 0.29) is 5.82 Å².